The summed E-state index contributed by atoms with van der Waals surface area (Å²) in [6.07, 6.45) is 2.75. The molecule has 32 heavy (non-hydrogen) atoms. The van der Waals surface area contributed by atoms with Gasteiger partial charge in [0.05, 0.1) is 16.5 Å². The van der Waals surface area contributed by atoms with Crippen molar-refractivity contribution < 1.29 is 18.0 Å². The van der Waals surface area contributed by atoms with Crippen LogP contribution in [0.1, 0.15) is 27.9 Å². The lowest BCUT2D eigenvalue weighted by molar-refractivity contribution is -0.109. The summed E-state index contributed by atoms with van der Waals surface area (Å²) in [7, 11) is -3.62. The van der Waals surface area contributed by atoms with E-state index >= 15 is 0 Å². The highest BCUT2D eigenvalue weighted by atomic mass is 32.2. The number of hydrogen-bond acceptors (Lipinski definition) is 6. The highest BCUT2D eigenvalue weighted by Crippen LogP contribution is 2.30. The fourth-order valence-electron chi connectivity index (χ4n) is 4.51. The average molecular weight is 456 g/mol. The molecule has 0 radical (unpaired) electrons. The number of carbonyl (C=O) groups excluding carboxylic acids is 2. The second-order valence-corrected chi connectivity index (χ2v) is 10.7. The lowest BCUT2D eigenvalue weighted by atomic mass is 10.0. The molecular formula is C24H29N3O4S. The molecule has 2 aliphatic rings. The highest BCUT2D eigenvalue weighted by Gasteiger charge is 2.31. The van der Waals surface area contributed by atoms with E-state index in [4.69, 9.17) is 0 Å². The number of amides is 1. The second-order valence-electron chi connectivity index (χ2n) is 8.76. The van der Waals surface area contributed by atoms with Crippen molar-refractivity contribution in [2.45, 2.75) is 31.2 Å². The third-order valence-electron chi connectivity index (χ3n) is 6.29. The van der Waals surface area contributed by atoms with E-state index in [1.807, 2.05) is 4.90 Å². The summed E-state index contributed by atoms with van der Waals surface area (Å²) < 4.78 is 25.0. The zero-order chi connectivity index (χ0) is 23.0. The third-order valence-corrected chi connectivity index (χ3v) is 7.43. The van der Waals surface area contributed by atoms with Crippen molar-refractivity contribution in [2.75, 3.05) is 48.8 Å². The van der Waals surface area contributed by atoms with Gasteiger partial charge in [0.15, 0.2) is 9.84 Å². The van der Waals surface area contributed by atoms with E-state index in [-0.39, 0.29) is 22.4 Å². The molecule has 2 aliphatic heterocycles. The molecule has 0 aliphatic carbocycles. The van der Waals surface area contributed by atoms with Crippen LogP contribution in [0, 0.1) is 13.8 Å². The molecule has 7 nitrogen and oxygen atoms in total. The standard InChI is InChI=1S/C24H29N3O4S/c1-17-12-18(2)14-21(13-17)25-8-10-26(11-9-25)24(29)22-5-4-19(15-23(22)32(3,30)31)27-7-6-20(27)16-28/h4-5,12-16,20H,6-11H2,1-3H3. The molecule has 8 heteroatoms. The second kappa shape index (κ2) is 8.58. The Kier molecular flexibility index (Phi) is 5.99. The van der Waals surface area contributed by atoms with Crippen LogP contribution in [0.3, 0.4) is 0 Å². The molecule has 1 atom stereocenters. The monoisotopic (exact) mass is 455 g/mol. The fraction of sp³-hybridized carbons (Fsp3) is 0.417. The summed E-state index contributed by atoms with van der Waals surface area (Å²) in [5.74, 6) is -0.271. The number of anilines is 2. The molecule has 0 aromatic heterocycles. The smallest absolute Gasteiger partial charge is 0.255 e. The Labute approximate surface area is 189 Å². The zero-order valence-corrected chi connectivity index (χ0v) is 19.6. The average Bonchev–Trinajstić information content (AvgIpc) is 2.71. The minimum absolute atomic E-state index is 0.0216. The molecule has 2 aromatic carbocycles. The molecule has 170 valence electrons. The van der Waals surface area contributed by atoms with Gasteiger partial charge in [-0.25, -0.2) is 8.42 Å². The van der Waals surface area contributed by atoms with Crippen LogP contribution in [0.4, 0.5) is 11.4 Å². The van der Waals surface area contributed by atoms with E-state index in [1.165, 1.54) is 17.2 Å². The predicted molar refractivity (Wildman–Crippen MR) is 125 cm³/mol. The van der Waals surface area contributed by atoms with Gasteiger partial charge in [0.1, 0.15) is 6.29 Å². The normalized spacial score (nSPS) is 19.0. The van der Waals surface area contributed by atoms with Crippen LogP contribution < -0.4 is 9.80 Å². The molecular weight excluding hydrogens is 426 g/mol. The van der Waals surface area contributed by atoms with Gasteiger partial charge in [0.2, 0.25) is 0 Å². The molecule has 0 bridgehead atoms. The Hall–Kier alpha value is -2.87. The number of rotatable bonds is 5. The molecule has 0 spiro atoms. The van der Waals surface area contributed by atoms with Crippen molar-refractivity contribution in [3.8, 4) is 0 Å². The number of sulfone groups is 1. The molecule has 2 saturated heterocycles. The molecule has 4 rings (SSSR count). The molecule has 0 N–H and O–H groups in total. The van der Waals surface area contributed by atoms with Crippen molar-refractivity contribution >= 4 is 33.4 Å². The molecule has 0 saturated carbocycles. The lowest BCUT2D eigenvalue weighted by Crippen LogP contribution is -2.49. The maximum absolute atomic E-state index is 13.3. The Balaban J connectivity index is 1.53. The molecule has 2 heterocycles. The van der Waals surface area contributed by atoms with E-state index in [0.29, 0.717) is 38.4 Å². The Bertz CT molecular complexity index is 1130. The summed E-state index contributed by atoms with van der Waals surface area (Å²) in [6, 6.07) is 11.1. The molecule has 2 fully saturated rings. The van der Waals surface area contributed by atoms with Crippen molar-refractivity contribution in [3.05, 3.63) is 53.1 Å². The van der Waals surface area contributed by atoms with Gasteiger partial charge in [-0.15, -0.1) is 0 Å². The van der Waals surface area contributed by atoms with Crippen molar-refractivity contribution in [3.63, 3.8) is 0 Å². The third kappa shape index (κ3) is 4.37. The van der Waals surface area contributed by atoms with Gasteiger partial charge in [-0.3, -0.25) is 4.79 Å². The first-order chi connectivity index (χ1) is 15.2. The first-order valence-corrected chi connectivity index (χ1v) is 12.7. The van der Waals surface area contributed by atoms with Crippen LogP contribution in [-0.4, -0.2) is 70.5 Å². The van der Waals surface area contributed by atoms with E-state index in [1.54, 1.807) is 17.0 Å². The maximum atomic E-state index is 13.3. The van der Waals surface area contributed by atoms with Gasteiger partial charge in [0.25, 0.3) is 5.91 Å². The number of aldehydes is 1. The number of piperazine rings is 1. The van der Waals surface area contributed by atoms with Crippen molar-refractivity contribution in [1.29, 1.82) is 0 Å². The van der Waals surface area contributed by atoms with Gasteiger partial charge in [-0.2, -0.15) is 0 Å². The van der Waals surface area contributed by atoms with Gasteiger partial charge in [-0.05, 0) is 61.7 Å². The quantitative estimate of drug-likeness (QED) is 0.645. The minimum Gasteiger partial charge on any atom is -0.368 e. The zero-order valence-electron chi connectivity index (χ0n) is 18.7. The lowest BCUT2D eigenvalue weighted by Gasteiger charge is -2.40. The number of nitrogens with zero attached hydrogens (tertiary/aromatic N) is 3. The first-order valence-electron chi connectivity index (χ1n) is 10.9. The van der Waals surface area contributed by atoms with Gasteiger partial charge < -0.3 is 19.5 Å². The van der Waals surface area contributed by atoms with E-state index < -0.39 is 9.84 Å². The SMILES string of the molecule is Cc1cc(C)cc(N2CCN(C(=O)c3ccc(N4CCC4C=O)cc3S(C)(=O)=O)CC2)c1. The van der Waals surface area contributed by atoms with E-state index in [2.05, 4.69) is 36.9 Å². The van der Waals surface area contributed by atoms with Crippen molar-refractivity contribution in [1.82, 2.24) is 4.90 Å². The largest absolute Gasteiger partial charge is 0.368 e. The molecule has 1 amide bonds. The van der Waals surface area contributed by atoms with Crippen LogP contribution >= 0.6 is 0 Å². The number of hydrogen-bond donors (Lipinski definition) is 0. The fourth-order valence-corrected chi connectivity index (χ4v) is 5.40. The Morgan fingerprint density at radius 3 is 2.12 bits per heavy atom. The van der Waals surface area contributed by atoms with Crippen LogP contribution in [0.2, 0.25) is 0 Å². The first kappa shape index (κ1) is 22.3. The number of aryl methyl sites for hydroxylation is 2. The van der Waals surface area contributed by atoms with Gasteiger partial charge in [0, 0.05) is 50.4 Å². The Morgan fingerprint density at radius 1 is 0.938 bits per heavy atom. The summed E-state index contributed by atoms with van der Waals surface area (Å²) >= 11 is 0. The van der Waals surface area contributed by atoms with Gasteiger partial charge in [-0.1, -0.05) is 6.07 Å². The van der Waals surface area contributed by atoms with E-state index in [9.17, 15) is 18.0 Å². The highest BCUT2D eigenvalue weighted by molar-refractivity contribution is 7.90. The summed E-state index contributed by atoms with van der Waals surface area (Å²) in [5, 5.41) is 0. The predicted octanol–water partition coefficient (Wildman–Crippen LogP) is 2.45. The summed E-state index contributed by atoms with van der Waals surface area (Å²) in [4.78, 5) is 30.3. The summed E-state index contributed by atoms with van der Waals surface area (Å²) in [5.41, 5.74) is 4.41. The number of benzene rings is 2. The Morgan fingerprint density at radius 2 is 1.59 bits per heavy atom. The van der Waals surface area contributed by atoms with Crippen molar-refractivity contribution in [2.24, 2.45) is 0 Å². The van der Waals surface area contributed by atoms with E-state index in [0.717, 1.165) is 24.7 Å². The van der Waals surface area contributed by atoms with Crippen LogP contribution in [-0.2, 0) is 14.6 Å². The minimum atomic E-state index is -3.62. The van der Waals surface area contributed by atoms with Crippen LogP contribution in [0.15, 0.2) is 41.3 Å². The topological polar surface area (TPSA) is 78.0 Å². The van der Waals surface area contributed by atoms with Crippen LogP contribution in [0.5, 0.6) is 0 Å². The molecule has 1 unspecified atom stereocenters. The van der Waals surface area contributed by atoms with Crippen LogP contribution in [0.25, 0.3) is 0 Å². The summed E-state index contributed by atoms with van der Waals surface area (Å²) in [6.45, 7) is 7.27. The molecule has 2 aromatic rings. The number of carbonyl (C=O) groups is 2. The van der Waals surface area contributed by atoms with Gasteiger partial charge >= 0.3 is 0 Å². The maximum Gasteiger partial charge on any atom is 0.255 e.